The Balaban J connectivity index is 1.50. The lowest BCUT2D eigenvalue weighted by Crippen LogP contribution is -2.24. The van der Waals surface area contributed by atoms with Crippen LogP contribution in [0.2, 0.25) is 0 Å². The fourth-order valence-electron chi connectivity index (χ4n) is 4.95. The molecular formula is C21H22FNO3. The van der Waals surface area contributed by atoms with Crippen molar-refractivity contribution in [2.24, 2.45) is 17.8 Å². The highest BCUT2D eigenvalue weighted by atomic mass is 19.1. The van der Waals surface area contributed by atoms with E-state index in [4.69, 9.17) is 4.74 Å². The summed E-state index contributed by atoms with van der Waals surface area (Å²) < 4.78 is 18.6. The molecule has 1 aromatic carbocycles. The normalized spacial score (nSPS) is 27.5. The van der Waals surface area contributed by atoms with Gasteiger partial charge in [0.05, 0.1) is 12.1 Å². The van der Waals surface area contributed by atoms with E-state index in [0.717, 1.165) is 42.1 Å². The predicted octanol–water partition coefficient (Wildman–Crippen LogP) is 4.03. The van der Waals surface area contributed by atoms with E-state index in [1.165, 1.54) is 6.07 Å². The van der Waals surface area contributed by atoms with Gasteiger partial charge in [0.2, 0.25) is 5.78 Å². The van der Waals surface area contributed by atoms with E-state index in [1.807, 2.05) is 6.07 Å². The molecule has 2 aliphatic rings. The second-order valence-electron chi connectivity index (χ2n) is 7.50. The minimum atomic E-state index is -0.690. The number of nitrogens with zero attached hydrogens (tertiary/aromatic N) is 1. The molecule has 26 heavy (non-hydrogen) atoms. The first-order valence-electron chi connectivity index (χ1n) is 9.32. The second-order valence-corrected chi connectivity index (χ2v) is 7.50. The third kappa shape index (κ3) is 3.00. The molecule has 1 aromatic heterocycles. The van der Waals surface area contributed by atoms with Crippen LogP contribution >= 0.6 is 0 Å². The summed E-state index contributed by atoms with van der Waals surface area (Å²) in [6, 6.07) is 6.72. The minimum Gasteiger partial charge on any atom is -0.460 e. The number of hydrogen-bond donors (Lipinski definition) is 0. The van der Waals surface area contributed by atoms with E-state index in [1.54, 1.807) is 25.3 Å². The van der Waals surface area contributed by atoms with Gasteiger partial charge in [-0.3, -0.25) is 9.78 Å². The van der Waals surface area contributed by atoms with E-state index in [-0.39, 0.29) is 24.1 Å². The number of esters is 1. The average molecular weight is 355 g/mol. The van der Waals surface area contributed by atoms with Crippen LogP contribution in [0.1, 0.15) is 44.1 Å². The Bertz CT molecular complexity index is 851. The Hall–Kier alpha value is -2.30. The fraction of sp³-hybridized carbons (Fsp3) is 0.476. The Morgan fingerprint density at radius 3 is 2.58 bits per heavy atom. The Labute approximate surface area is 151 Å². The van der Waals surface area contributed by atoms with Crippen LogP contribution < -0.4 is 0 Å². The molecule has 1 heterocycles. The molecule has 4 atom stereocenters. The maximum absolute atomic E-state index is 13.7. The van der Waals surface area contributed by atoms with Gasteiger partial charge >= 0.3 is 5.97 Å². The van der Waals surface area contributed by atoms with Crippen LogP contribution in [0.3, 0.4) is 0 Å². The van der Waals surface area contributed by atoms with Crippen molar-refractivity contribution in [1.29, 1.82) is 0 Å². The monoisotopic (exact) mass is 355 g/mol. The Morgan fingerprint density at radius 2 is 1.88 bits per heavy atom. The molecule has 0 spiro atoms. The Morgan fingerprint density at radius 1 is 1.15 bits per heavy atom. The topological polar surface area (TPSA) is 56.3 Å². The quantitative estimate of drug-likeness (QED) is 0.614. The molecule has 0 N–H and O–H groups in total. The summed E-state index contributed by atoms with van der Waals surface area (Å²) in [5, 5.41) is 0.886. The van der Waals surface area contributed by atoms with Gasteiger partial charge in [0.15, 0.2) is 0 Å². The maximum atomic E-state index is 13.7. The highest BCUT2D eigenvalue weighted by molar-refractivity contribution is 6.34. The van der Waals surface area contributed by atoms with Crippen molar-refractivity contribution in [3.05, 3.63) is 41.8 Å². The number of hydrogen-bond acceptors (Lipinski definition) is 4. The SMILES string of the molecule is CCOC(=O)C(=O)[C@@H]1CC2C[C@H](c3ccnc4ccc(F)cc34)C[C@@H]2C1. The van der Waals surface area contributed by atoms with Crippen LogP contribution in [0.5, 0.6) is 0 Å². The first-order valence-corrected chi connectivity index (χ1v) is 9.32. The fourth-order valence-corrected chi connectivity index (χ4v) is 4.95. The zero-order valence-corrected chi connectivity index (χ0v) is 14.8. The molecule has 0 saturated heterocycles. The highest BCUT2D eigenvalue weighted by Crippen LogP contribution is 2.53. The highest BCUT2D eigenvalue weighted by Gasteiger charge is 2.45. The summed E-state index contributed by atoms with van der Waals surface area (Å²) in [5.41, 5.74) is 1.97. The minimum absolute atomic E-state index is 0.198. The van der Waals surface area contributed by atoms with Crippen molar-refractivity contribution < 1.29 is 18.7 Å². The van der Waals surface area contributed by atoms with Gasteiger partial charge in [0, 0.05) is 17.5 Å². The van der Waals surface area contributed by atoms with Crippen molar-refractivity contribution in [2.75, 3.05) is 6.61 Å². The number of Topliss-reactive ketones (excluding diaryl/α,β-unsaturated/α-hetero) is 1. The number of pyridine rings is 1. The largest absolute Gasteiger partial charge is 0.460 e. The number of ketones is 1. The molecule has 1 unspecified atom stereocenters. The maximum Gasteiger partial charge on any atom is 0.374 e. The number of ether oxygens (including phenoxy) is 1. The number of carbonyl (C=O) groups is 2. The average Bonchev–Trinajstić information content (AvgIpc) is 3.19. The summed E-state index contributed by atoms with van der Waals surface area (Å²) in [7, 11) is 0. The number of fused-ring (bicyclic) bond motifs is 2. The van der Waals surface area contributed by atoms with Crippen LogP contribution in [0, 0.1) is 23.6 Å². The molecule has 4 rings (SSSR count). The molecule has 5 heteroatoms. The van der Waals surface area contributed by atoms with Gasteiger partial charge in [-0.1, -0.05) is 0 Å². The van der Waals surface area contributed by atoms with E-state index in [9.17, 15) is 14.0 Å². The summed E-state index contributed by atoms with van der Waals surface area (Å²) in [5.74, 6) is -0.253. The van der Waals surface area contributed by atoms with E-state index < -0.39 is 5.97 Å². The molecule has 4 nitrogen and oxygen atoms in total. The number of rotatable bonds is 4. The van der Waals surface area contributed by atoms with E-state index in [2.05, 4.69) is 4.98 Å². The number of benzene rings is 1. The zero-order chi connectivity index (χ0) is 18.3. The lowest BCUT2D eigenvalue weighted by Gasteiger charge is -2.16. The van der Waals surface area contributed by atoms with Crippen LogP contribution in [0.15, 0.2) is 30.5 Å². The lowest BCUT2D eigenvalue weighted by atomic mass is 9.89. The van der Waals surface area contributed by atoms with Crippen LogP contribution in [0.4, 0.5) is 4.39 Å². The molecular weight excluding hydrogens is 333 g/mol. The summed E-state index contributed by atoms with van der Waals surface area (Å²) in [4.78, 5) is 28.2. The molecule has 136 valence electrons. The third-order valence-corrected chi connectivity index (χ3v) is 6.04. The van der Waals surface area contributed by atoms with Crippen molar-refractivity contribution >= 4 is 22.7 Å². The van der Waals surface area contributed by atoms with Gasteiger partial charge in [-0.2, -0.15) is 0 Å². The molecule has 2 aromatic rings. The van der Waals surface area contributed by atoms with Gasteiger partial charge in [0.1, 0.15) is 5.82 Å². The van der Waals surface area contributed by atoms with Crippen molar-refractivity contribution in [3.8, 4) is 0 Å². The van der Waals surface area contributed by atoms with Gasteiger partial charge in [-0.25, -0.2) is 9.18 Å². The van der Waals surface area contributed by atoms with Crippen LogP contribution in [-0.2, 0) is 14.3 Å². The summed E-state index contributed by atoms with van der Waals surface area (Å²) in [6.07, 6.45) is 5.27. The molecule has 2 aliphatic carbocycles. The summed E-state index contributed by atoms with van der Waals surface area (Å²) in [6.45, 7) is 1.94. The number of carbonyl (C=O) groups excluding carboxylic acids is 2. The van der Waals surface area contributed by atoms with Gasteiger partial charge < -0.3 is 4.74 Å². The van der Waals surface area contributed by atoms with E-state index >= 15 is 0 Å². The predicted molar refractivity (Wildman–Crippen MR) is 95.0 cm³/mol. The van der Waals surface area contributed by atoms with Gasteiger partial charge in [-0.05, 0) is 80.2 Å². The van der Waals surface area contributed by atoms with Crippen molar-refractivity contribution in [3.63, 3.8) is 0 Å². The second kappa shape index (κ2) is 6.78. The molecule has 0 amide bonds. The van der Waals surface area contributed by atoms with Gasteiger partial charge in [0.25, 0.3) is 0 Å². The smallest absolute Gasteiger partial charge is 0.374 e. The molecule has 0 aliphatic heterocycles. The third-order valence-electron chi connectivity index (χ3n) is 6.04. The number of aromatic nitrogens is 1. The van der Waals surface area contributed by atoms with Crippen LogP contribution in [-0.4, -0.2) is 23.3 Å². The molecule has 2 fully saturated rings. The molecule has 0 bridgehead atoms. The van der Waals surface area contributed by atoms with E-state index in [0.29, 0.717) is 17.8 Å². The van der Waals surface area contributed by atoms with Crippen molar-refractivity contribution in [2.45, 2.75) is 38.5 Å². The number of halogens is 1. The Kier molecular flexibility index (Phi) is 4.47. The lowest BCUT2D eigenvalue weighted by molar-refractivity contribution is -0.155. The first-order chi connectivity index (χ1) is 12.6. The molecule has 0 radical (unpaired) electrons. The first kappa shape index (κ1) is 17.1. The van der Waals surface area contributed by atoms with Crippen molar-refractivity contribution in [1.82, 2.24) is 4.98 Å². The summed E-state index contributed by atoms with van der Waals surface area (Å²) >= 11 is 0. The van der Waals surface area contributed by atoms with Crippen LogP contribution in [0.25, 0.3) is 10.9 Å². The molecule has 2 saturated carbocycles. The standard InChI is InChI=1S/C21H22FNO3/c1-2-26-21(25)20(24)15-9-12-7-14(8-13(12)10-15)17-5-6-23-19-4-3-16(22)11-18(17)19/h3-6,11-15H,2,7-10H2,1H3/t12-,13?,14-,15+/m1/s1. The zero-order valence-electron chi connectivity index (χ0n) is 14.8. The van der Waals surface area contributed by atoms with Gasteiger partial charge in [-0.15, -0.1) is 0 Å².